The predicted octanol–water partition coefficient (Wildman–Crippen LogP) is 0.456. The molecule has 6 nitrogen and oxygen atoms in total. The minimum Gasteiger partial charge on any atom is -0.393 e. The number of aromatic nitrogens is 2. The quantitative estimate of drug-likeness (QED) is 0.763. The van der Waals surface area contributed by atoms with Gasteiger partial charge in [0.25, 0.3) is 0 Å². The zero-order valence-corrected chi connectivity index (χ0v) is 10.3. The summed E-state index contributed by atoms with van der Waals surface area (Å²) in [5.74, 6) is 0.596. The first-order valence-corrected chi connectivity index (χ1v) is 5.95. The Bertz CT molecular complexity index is 370. The van der Waals surface area contributed by atoms with Crippen molar-refractivity contribution in [3.05, 3.63) is 11.5 Å². The summed E-state index contributed by atoms with van der Waals surface area (Å²) in [6.45, 7) is 5.27. The third-order valence-corrected chi connectivity index (χ3v) is 2.96. The highest BCUT2D eigenvalue weighted by molar-refractivity contribution is 6.32. The van der Waals surface area contributed by atoms with E-state index in [4.69, 9.17) is 22.1 Å². The molecule has 0 amide bonds. The second-order valence-corrected chi connectivity index (χ2v) is 4.17. The van der Waals surface area contributed by atoms with Gasteiger partial charge in [0.05, 0.1) is 13.2 Å². The summed E-state index contributed by atoms with van der Waals surface area (Å²) in [5.41, 5.74) is 6.15. The van der Waals surface area contributed by atoms with Crippen LogP contribution in [0.15, 0.2) is 6.33 Å². The fourth-order valence-corrected chi connectivity index (χ4v) is 1.81. The number of rotatable bonds is 4. The van der Waals surface area contributed by atoms with Gasteiger partial charge in [0.1, 0.15) is 12.0 Å². The molecule has 2 heterocycles. The lowest BCUT2D eigenvalue weighted by Gasteiger charge is -2.26. The number of nitrogens with two attached hydrogens (primary N) is 1. The van der Waals surface area contributed by atoms with Crippen molar-refractivity contribution in [3.63, 3.8) is 0 Å². The fraction of sp³-hybridized carbons (Fsp3) is 0.600. The highest BCUT2D eigenvalue weighted by Crippen LogP contribution is 2.21. The Kier molecular flexibility index (Phi) is 4.36. The maximum absolute atomic E-state index is 5.80. The van der Waals surface area contributed by atoms with Gasteiger partial charge in [-0.25, -0.2) is 9.97 Å². The molecule has 3 N–H and O–H groups in total. The molecule has 0 aliphatic carbocycles. The fourth-order valence-electron chi connectivity index (χ4n) is 1.67. The SMILES string of the molecule is Nc1c(Cl)ncnc1NCCN1CCOCC1. The number of anilines is 2. The summed E-state index contributed by atoms with van der Waals surface area (Å²) < 4.78 is 5.28. The molecule has 17 heavy (non-hydrogen) atoms. The monoisotopic (exact) mass is 257 g/mol. The molecule has 1 saturated heterocycles. The zero-order valence-electron chi connectivity index (χ0n) is 9.53. The predicted molar refractivity (Wildman–Crippen MR) is 67.2 cm³/mol. The van der Waals surface area contributed by atoms with Crippen molar-refractivity contribution in [3.8, 4) is 0 Å². The molecular formula is C10H16ClN5O. The van der Waals surface area contributed by atoms with Gasteiger partial charge in [0, 0.05) is 26.2 Å². The second kappa shape index (κ2) is 6.00. The van der Waals surface area contributed by atoms with Gasteiger partial charge in [-0.05, 0) is 0 Å². The molecular weight excluding hydrogens is 242 g/mol. The van der Waals surface area contributed by atoms with Crippen LogP contribution in [0.5, 0.6) is 0 Å². The van der Waals surface area contributed by atoms with Gasteiger partial charge in [-0.1, -0.05) is 11.6 Å². The molecule has 0 aromatic carbocycles. The van der Waals surface area contributed by atoms with Crippen LogP contribution in [-0.4, -0.2) is 54.3 Å². The first-order valence-electron chi connectivity index (χ1n) is 5.57. The molecule has 1 aromatic heterocycles. The highest BCUT2D eigenvalue weighted by atomic mass is 35.5. The third kappa shape index (κ3) is 3.42. The summed E-state index contributed by atoms with van der Waals surface area (Å²) in [6, 6.07) is 0. The Morgan fingerprint density at radius 2 is 2.18 bits per heavy atom. The lowest BCUT2D eigenvalue weighted by atomic mass is 10.4. The summed E-state index contributed by atoms with van der Waals surface area (Å²) in [7, 11) is 0. The molecule has 0 spiro atoms. The van der Waals surface area contributed by atoms with Crippen molar-refractivity contribution in [1.29, 1.82) is 0 Å². The average Bonchev–Trinajstić information content (AvgIpc) is 2.36. The summed E-state index contributed by atoms with van der Waals surface area (Å²) >= 11 is 5.80. The number of morpholine rings is 1. The smallest absolute Gasteiger partial charge is 0.157 e. The van der Waals surface area contributed by atoms with Crippen molar-refractivity contribution in [2.24, 2.45) is 0 Å². The molecule has 1 fully saturated rings. The molecule has 1 aliphatic rings. The lowest BCUT2D eigenvalue weighted by Crippen LogP contribution is -2.39. The van der Waals surface area contributed by atoms with Crippen LogP contribution in [0.25, 0.3) is 0 Å². The molecule has 1 aromatic rings. The van der Waals surface area contributed by atoms with E-state index in [9.17, 15) is 0 Å². The number of hydrogen-bond donors (Lipinski definition) is 2. The summed E-state index contributed by atoms with van der Waals surface area (Å²) in [4.78, 5) is 10.2. The Hall–Kier alpha value is -1.11. The maximum Gasteiger partial charge on any atom is 0.157 e. The number of hydrogen-bond acceptors (Lipinski definition) is 6. The molecule has 0 radical (unpaired) electrons. The van der Waals surface area contributed by atoms with Crippen LogP contribution in [0.4, 0.5) is 11.5 Å². The first-order chi connectivity index (χ1) is 8.27. The highest BCUT2D eigenvalue weighted by Gasteiger charge is 2.10. The van der Waals surface area contributed by atoms with E-state index in [0.29, 0.717) is 11.5 Å². The van der Waals surface area contributed by atoms with Crippen LogP contribution in [0, 0.1) is 0 Å². The molecule has 0 unspecified atom stereocenters. The van der Waals surface area contributed by atoms with Gasteiger partial charge in [-0.2, -0.15) is 0 Å². The Morgan fingerprint density at radius 1 is 1.41 bits per heavy atom. The number of nitrogens with zero attached hydrogens (tertiary/aromatic N) is 3. The Balaban J connectivity index is 1.79. The molecule has 0 atom stereocenters. The van der Waals surface area contributed by atoms with E-state index in [0.717, 1.165) is 39.4 Å². The van der Waals surface area contributed by atoms with Crippen LogP contribution in [0.2, 0.25) is 5.15 Å². The van der Waals surface area contributed by atoms with E-state index in [2.05, 4.69) is 20.2 Å². The van der Waals surface area contributed by atoms with E-state index in [1.807, 2.05) is 0 Å². The molecule has 2 rings (SSSR count). The average molecular weight is 258 g/mol. The second-order valence-electron chi connectivity index (χ2n) is 3.81. The van der Waals surface area contributed by atoms with Gasteiger partial charge in [-0.15, -0.1) is 0 Å². The van der Waals surface area contributed by atoms with Crippen molar-refractivity contribution in [1.82, 2.24) is 14.9 Å². The summed E-state index contributed by atoms with van der Waals surface area (Å²) in [6.07, 6.45) is 1.40. The topological polar surface area (TPSA) is 76.3 Å². The van der Waals surface area contributed by atoms with E-state index in [-0.39, 0.29) is 5.15 Å². The van der Waals surface area contributed by atoms with Crippen molar-refractivity contribution in [2.45, 2.75) is 0 Å². The van der Waals surface area contributed by atoms with Crippen LogP contribution in [0.3, 0.4) is 0 Å². The van der Waals surface area contributed by atoms with Crippen molar-refractivity contribution in [2.75, 3.05) is 50.4 Å². The van der Waals surface area contributed by atoms with Gasteiger partial charge in [0.2, 0.25) is 0 Å². The van der Waals surface area contributed by atoms with Gasteiger partial charge < -0.3 is 15.8 Å². The number of halogens is 1. The Labute approximate surface area is 105 Å². The summed E-state index contributed by atoms with van der Waals surface area (Å²) in [5, 5.41) is 3.44. The van der Waals surface area contributed by atoms with Gasteiger partial charge in [-0.3, -0.25) is 4.90 Å². The van der Waals surface area contributed by atoms with Crippen LogP contribution in [0.1, 0.15) is 0 Å². The van der Waals surface area contributed by atoms with E-state index >= 15 is 0 Å². The Morgan fingerprint density at radius 3 is 2.94 bits per heavy atom. The first kappa shape index (κ1) is 12.3. The minimum atomic E-state index is 0.286. The minimum absolute atomic E-state index is 0.286. The molecule has 1 aliphatic heterocycles. The number of ether oxygens (including phenoxy) is 1. The maximum atomic E-state index is 5.80. The lowest BCUT2D eigenvalue weighted by molar-refractivity contribution is 0.0398. The number of nitrogens with one attached hydrogen (secondary N) is 1. The van der Waals surface area contributed by atoms with E-state index in [1.165, 1.54) is 6.33 Å². The third-order valence-electron chi connectivity index (χ3n) is 2.66. The molecule has 0 saturated carbocycles. The van der Waals surface area contributed by atoms with Crippen LogP contribution >= 0.6 is 11.6 Å². The van der Waals surface area contributed by atoms with Crippen molar-refractivity contribution >= 4 is 23.1 Å². The largest absolute Gasteiger partial charge is 0.393 e. The zero-order chi connectivity index (χ0) is 12.1. The van der Waals surface area contributed by atoms with Gasteiger partial charge >= 0.3 is 0 Å². The van der Waals surface area contributed by atoms with Crippen LogP contribution < -0.4 is 11.1 Å². The van der Waals surface area contributed by atoms with Crippen molar-refractivity contribution < 1.29 is 4.74 Å². The molecule has 0 bridgehead atoms. The standard InChI is InChI=1S/C10H16ClN5O/c11-9-8(12)10(15-7-14-9)13-1-2-16-3-5-17-6-4-16/h7H,1-6,12H2,(H,13,14,15). The van der Waals surface area contributed by atoms with E-state index in [1.54, 1.807) is 0 Å². The van der Waals surface area contributed by atoms with E-state index < -0.39 is 0 Å². The normalized spacial score (nSPS) is 17.0. The van der Waals surface area contributed by atoms with Crippen LogP contribution in [-0.2, 0) is 4.74 Å². The number of nitrogen functional groups attached to an aromatic ring is 1. The molecule has 94 valence electrons. The van der Waals surface area contributed by atoms with Gasteiger partial charge in [0.15, 0.2) is 11.0 Å². The molecule has 7 heteroatoms.